The summed E-state index contributed by atoms with van der Waals surface area (Å²) >= 11 is 7.28. The minimum Gasteiger partial charge on any atom is -0.327 e. The van der Waals surface area contributed by atoms with E-state index in [1.54, 1.807) is 6.07 Å². The van der Waals surface area contributed by atoms with Crippen LogP contribution in [0.3, 0.4) is 0 Å². The molecule has 5 heteroatoms. The van der Waals surface area contributed by atoms with Gasteiger partial charge in [0.05, 0.1) is 0 Å². The summed E-state index contributed by atoms with van der Waals surface area (Å²) in [6, 6.07) is 9.05. The first kappa shape index (κ1) is 16.3. The Labute approximate surface area is 132 Å². The second-order valence-electron chi connectivity index (χ2n) is 4.80. The van der Waals surface area contributed by atoms with Crippen molar-refractivity contribution in [3.05, 3.63) is 58.6 Å². The third-order valence-corrected chi connectivity index (χ3v) is 4.55. The molecule has 21 heavy (non-hydrogen) atoms. The first-order valence-corrected chi connectivity index (χ1v) is 7.86. The van der Waals surface area contributed by atoms with Crippen LogP contribution in [0.2, 0.25) is 5.02 Å². The molecule has 0 aliphatic carbocycles. The van der Waals surface area contributed by atoms with Crippen LogP contribution in [-0.4, -0.2) is 6.04 Å². The number of nitrogens with two attached hydrogens (primary N) is 1. The van der Waals surface area contributed by atoms with Gasteiger partial charge in [-0.1, -0.05) is 30.3 Å². The highest BCUT2D eigenvalue weighted by molar-refractivity contribution is 7.99. The lowest BCUT2D eigenvalue weighted by Crippen LogP contribution is -2.21. The van der Waals surface area contributed by atoms with Gasteiger partial charge in [-0.15, -0.1) is 0 Å². The van der Waals surface area contributed by atoms with Gasteiger partial charge in [-0.25, -0.2) is 8.78 Å². The summed E-state index contributed by atoms with van der Waals surface area (Å²) in [4.78, 5) is 1.26. The molecule has 0 radical (unpaired) electrons. The summed E-state index contributed by atoms with van der Waals surface area (Å²) in [5.74, 6) is -1.15. The lowest BCUT2D eigenvalue weighted by Gasteiger charge is -2.14. The van der Waals surface area contributed by atoms with E-state index < -0.39 is 11.6 Å². The average molecular weight is 328 g/mol. The van der Waals surface area contributed by atoms with E-state index >= 15 is 0 Å². The van der Waals surface area contributed by atoms with Gasteiger partial charge in [-0.3, -0.25) is 0 Å². The van der Waals surface area contributed by atoms with Crippen molar-refractivity contribution in [1.29, 1.82) is 0 Å². The van der Waals surface area contributed by atoms with E-state index in [9.17, 15) is 8.78 Å². The van der Waals surface area contributed by atoms with Gasteiger partial charge in [0.15, 0.2) is 0 Å². The predicted molar refractivity (Wildman–Crippen MR) is 83.9 cm³/mol. The number of benzene rings is 2. The second-order valence-corrected chi connectivity index (χ2v) is 6.32. The molecule has 0 spiro atoms. The maximum atomic E-state index is 13.8. The fourth-order valence-electron chi connectivity index (χ4n) is 1.91. The first-order chi connectivity index (χ1) is 9.99. The maximum Gasteiger partial charge on any atom is 0.140 e. The smallest absolute Gasteiger partial charge is 0.140 e. The quantitative estimate of drug-likeness (QED) is 0.831. The predicted octanol–water partition coefficient (Wildman–Crippen LogP) is 5.05. The van der Waals surface area contributed by atoms with Crippen molar-refractivity contribution in [2.45, 2.75) is 35.6 Å². The van der Waals surface area contributed by atoms with Gasteiger partial charge in [0, 0.05) is 26.9 Å². The Morgan fingerprint density at radius 2 is 1.86 bits per heavy atom. The lowest BCUT2D eigenvalue weighted by atomic mass is 10.0. The van der Waals surface area contributed by atoms with Gasteiger partial charge < -0.3 is 5.73 Å². The highest BCUT2D eigenvalue weighted by Gasteiger charge is 2.12. The molecule has 0 fully saturated rings. The molecule has 0 aliphatic rings. The minimum absolute atomic E-state index is 0.0286. The molecule has 112 valence electrons. The summed E-state index contributed by atoms with van der Waals surface area (Å²) in [5.41, 5.74) is 6.97. The Morgan fingerprint density at radius 3 is 2.52 bits per heavy atom. The summed E-state index contributed by atoms with van der Waals surface area (Å²) in [6.45, 7) is 2.02. The zero-order chi connectivity index (χ0) is 15.4. The van der Waals surface area contributed by atoms with Crippen molar-refractivity contribution in [2.75, 3.05) is 0 Å². The van der Waals surface area contributed by atoms with Crippen molar-refractivity contribution in [1.82, 2.24) is 0 Å². The topological polar surface area (TPSA) is 26.0 Å². The van der Waals surface area contributed by atoms with Gasteiger partial charge in [0.1, 0.15) is 11.6 Å². The van der Waals surface area contributed by atoms with E-state index in [4.69, 9.17) is 17.3 Å². The molecule has 2 aromatic carbocycles. The summed E-state index contributed by atoms with van der Waals surface area (Å²) in [6.07, 6.45) is 1.52. The van der Waals surface area contributed by atoms with E-state index in [0.717, 1.165) is 22.9 Å². The molecule has 2 N–H and O–H groups in total. The Kier molecular flexibility index (Phi) is 5.62. The fourth-order valence-corrected chi connectivity index (χ4v) is 3.04. The van der Waals surface area contributed by atoms with E-state index in [1.807, 2.05) is 19.1 Å². The third-order valence-electron chi connectivity index (χ3n) is 3.14. The van der Waals surface area contributed by atoms with E-state index in [-0.39, 0.29) is 6.04 Å². The average Bonchev–Trinajstić information content (AvgIpc) is 2.44. The van der Waals surface area contributed by atoms with Crippen LogP contribution in [0.15, 0.2) is 46.2 Å². The van der Waals surface area contributed by atoms with Crippen molar-refractivity contribution in [3.8, 4) is 0 Å². The number of hydrogen-bond acceptors (Lipinski definition) is 2. The molecule has 1 unspecified atom stereocenters. The van der Waals surface area contributed by atoms with Crippen molar-refractivity contribution >= 4 is 23.4 Å². The molecule has 2 rings (SSSR count). The Hall–Kier alpha value is -1.10. The molecule has 0 aliphatic heterocycles. The van der Waals surface area contributed by atoms with Crippen molar-refractivity contribution in [3.63, 3.8) is 0 Å². The molecule has 0 amide bonds. The molecule has 2 aromatic rings. The number of halogens is 3. The summed E-state index contributed by atoms with van der Waals surface area (Å²) in [5, 5.41) is 0.622. The van der Waals surface area contributed by atoms with E-state index in [1.165, 1.54) is 23.9 Å². The van der Waals surface area contributed by atoms with Crippen LogP contribution < -0.4 is 5.73 Å². The van der Waals surface area contributed by atoms with E-state index in [2.05, 4.69) is 0 Å². The van der Waals surface area contributed by atoms with Crippen molar-refractivity contribution in [2.24, 2.45) is 5.73 Å². The molecular weight excluding hydrogens is 312 g/mol. The summed E-state index contributed by atoms with van der Waals surface area (Å²) < 4.78 is 26.7. The Morgan fingerprint density at radius 1 is 1.14 bits per heavy atom. The largest absolute Gasteiger partial charge is 0.327 e. The first-order valence-electron chi connectivity index (χ1n) is 6.66. The van der Waals surface area contributed by atoms with Gasteiger partial charge in [0.2, 0.25) is 0 Å². The molecule has 0 heterocycles. The van der Waals surface area contributed by atoms with Gasteiger partial charge >= 0.3 is 0 Å². The van der Waals surface area contributed by atoms with Crippen LogP contribution in [0.5, 0.6) is 0 Å². The third kappa shape index (κ3) is 4.43. The van der Waals surface area contributed by atoms with E-state index in [0.29, 0.717) is 16.3 Å². The van der Waals surface area contributed by atoms with Gasteiger partial charge in [-0.05, 0) is 48.7 Å². The van der Waals surface area contributed by atoms with Gasteiger partial charge in [0.25, 0.3) is 0 Å². The standard InChI is InChI=1S/C16H16ClF2NS/c1-2-13(20)8-10-7-11(17)3-5-15(10)21-16-6-4-12(18)9-14(16)19/h3-7,9,13H,2,8,20H2,1H3. The minimum atomic E-state index is -0.582. The number of hydrogen-bond donors (Lipinski definition) is 1. The molecule has 0 saturated heterocycles. The lowest BCUT2D eigenvalue weighted by molar-refractivity contribution is 0.565. The highest BCUT2D eigenvalue weighted by atomic mass is 35.5. The van der Waals surface area contributed by atoms with Gasteiger partial charge in [-0.2, -0.15) is 0 Å². The summed E-state index contributed by atoms with van der Waals surface area (Å²) in [7, 11) is 0. The Bertz CT molecular complexity index is 634. The van der Waals surface area contributed by atoms with Crippen LogP contribution in [0.4, 0.5) is 8.78 Å². The molecule has 0 bridgehead atoms. The molecular formula is C16H16ClF2NS. The monoisotopic (exact) mass is 327 g/mol. The Balaban J connectivity index is 2.30. The zero-order valence-electron chi connectivity index (χ0n) is 11.6. The molecule has 1 nitrogen and oxygen atoms in total. The molecule has 0 aromatic heterocycles. The van der Waals surface area contributed by atoms with Crippen LogP contribution in [0.25, 0.3) is 0 Å². The normalized spacial score (nSPS) is 12.4. The SMILES string of the molecule is CCC(N)Cc1cc(Cl)ccc1Sc1ccc(F)cc1F. The van der Waals surface area contributed by atoms with Crippen LogP contribution in [0, 0.1) is 11.6 Å². The van der Waals surface area contributed by atoms with Crippen LogP contribution in [-0.2, 0) is 6.42 Å². The molecule has 0 saturated carbocycles. The highest BCUT2D eigenvalue weighted by Crippen LogP contribution is 2.34. The second kappa shape index (κ2) is 7.25. The zero-order valence-corrected chi connectivity index (χ0v) is 13.1. The number of rotatable bonds is 5. The molecule has 1 atom stereocenters. The maximum absolute atomic E-state index is 13.8. The fraction of sp³-hybridized carbons (Fsp3) is 0.250. The van der Waals surface area contributed by atoms with Crippen LogP contribution >= 0.6 is 23.4 Å². The van der Waals surface area contributed by atoms with Crippen LogP contribution in [0.1, 0.15) is 18.9 Å². The van der Waals surface area contributed by atoms with Crippen molar-refractivity contribution < 1.29 is 8.78 Å².